The van der Waals surface area contributed by atoms with Crippen molar-refractivity contribution in [1.82, 2.24) is 10.2 Å². The first-order valence-electron chi connectivity index (χ1n) is 5.42. The minimum atomic E-state index is -0.437. The van der Waals surface area contributed by atoms with Crippen LogP contribution >= 0.6 is 11.8 Å². The molecule has 0 spiro atoms. The lowest BCUT2D eigenvalue weighted by Gasteiger charge is -2.33. The lowest BCUT2D eigenvalue weighted by molar-refractivity contribution is -0.135. The summed E-state index contributed by atoms with van der Waals surface area (Å²) in [7, 11) is 0. The number of rotatable bonds is 5. The van der Waals surface area contributed by atoms with Crippen molar-refractivity contribution in [2.45, 2.75) is 18.9 Å². The van der Waals surface area contributed by atoms with Gasteiger partial charge in [0.1, 0.15) is 0 Å². The summed E-state index contributed by atoms with van der Waals surface area (Å²) in [6, 6.07) is 0.161. The van der Waals surface area contributed by atoms with Crippen molar-refractivity contribution < 1.29 is 9.59 Å². The number of piperidine rings is 1. The van der Waals surface area contributed by atoms with Gasteiger partial charge >= 0.3 is 0 Å². The SMILES string of the molecule is CSCC(=O)N(CC(N)=O)C1CCNCC1. The third kappa shape index (κ3) is 4.02. The highest BCUT2D eigenvalue weighted by Gasteiger charge is 2.25. The summed E-state index contributed by atoms with van der Waals surface area (Å²) in [6.45, 7) is 1.84. The third-order valence-corrected chi connectivity index (χ3v) is 3.20. The van der Waals surface area contributed by atoms with Crippen molar-refractivity contribution in [3.8, 4) is 0 Å². The summed E-state index contributed by atoms with van der Waals surface area (Å²) in [5.74, 6) is -0.0109. The van der Waals surface area contributed by atoms with Crippen molar-refractivity contribution in [2.75, 3.05) is 31.6 Å². The molecule has 0 atom stereocenters. The van der Waals surface area contributed by atoms with E-state index in [9.17, 15) is 9.59 Å². The molecule has 92 valence electrons. The molecule has 1 heterocycles. The maximum Gasteiger partial charge on any atom is 0.237 e. The van der Waals surface area contributed by atoms with Crippen LogP contribution in [0, 0.1) is 0 Å². The minimum absolute atomic E-state index is 0.0122. The van der Waals surface area contributed by atoms with Crippen LogP contribution in [0.25, 0.3) is 0 Å². The van der Waals surface area contributed by atoms with Gasteiger partial charge in [-0.25, -0.2) is 0 Å². The van der Waals surface area contributed by atoms with E-state index in [1.165, 1.54) is 11.8 Å². The molecule has 0 radical (unpaired) electrons. The predicted octanol–water partition coefficient (Wildman–Crippen LogP) is -0.585. The van der Waals surface area contributed by atoms with Crippen LogP contribution in [-0.2, 0) is 9.59 Å². The Balaban J connectivity index is 2.60. The number of carbonyl (C=O) groups excluding carboxylic acids is 2. The monoisotopic (exact) mass is 245 g/mol. The predicted molar refractivity (Wildman–Crippen MR) is 65.2 cm³/mol. The molecule has 1 saturated heterocycles. The lowest BCUT2D eigenvalue weighted by atomic mass is 10.0. The smallest absolute Gasteiger partial charge is 0.237 e. The van der Waals surface area contributed by atoms with Crippen molar-refractivity contribution in [1.29, 1.82) is 0 Å². The number of amides is 2. The quantitative estimate of drug-likeness (QED) is 0.679. The fraction of sp³-hybridized carbons (Fsp3) is 0.800. The molecule has 2 amide bonds. The van der Waals surface area contributed by atoms with E-state index in [2.05, 4.69) is 5.32 Å². The molecule has 0 aliphatic carbocycles. The molecule has 16 heavy (non-hydrogen) atoms. The first-order chi connectivity index (χ1) is 7.65. The van der Waals surface area contributed by atoms with Crippen LogP contribution in [0.2, 0.25) is 0 Å². The van der Waals surface area contributed by atoms with E-state index in [-0.39, 0.29) is 18.5 Å². The zero-order chi connectivity index (χ0) is 12.0. The molecule has 1 rings (SSSR count). The van der Waals surface area contributed by atoms with Crippen molar-refractivity contribution in [3.05, 3.63) is 0 Å². The highest BCUT2D eigenvalue weighted by Crippen LogP contribution is 2.13. The molecule has 3 N–H and O–H groups in total. The molecule has 0 aromatic carbocycles. The van der Waals surface area contributed by atoms with Crippen LogP contribution in [-0.4, -0.2) is 54.4 Å². The minimum Gasteiger partial charge on any atom is -0.368 e. The molecular formula is C10H19N3O2S. The maximum atomic E-state index is 11.9. The molecule has 0 saturated carbocycles. The zero-order valence-electron chi connectivity index (χ0n) is 9.57. The van der Waals surface area contributed by atoms with Crippen molar-refractivity contribution >= 4 is 23.6 Å². The van der Waals surface area contributed by atoms with Crippen molar-refractivity contribution in [3.63, 3.8) is 0 Å². The normalized spacial score (nSPS) is 17.1. The Hall–Kier alpha value is -0.750. The lowest BCUT2D eigenvalue weighted by Crippen LogP contribution is -2.49. The molecule has 1 aliphatic heterocycles. The highest BCUT2D eigenvalue weighted by atomic mass is 32.2. The molecule has 0 unspecified atom stereocenters. The van der Waals surface area contributed by atoms with Crippen LogP contribution < -0.4 is 11.1 Å². The van der Waals surface area contributed by atoms with Gasteiger partial charge in [-0.3, -0.25) is 9.59 Å². The van der Waals surface area contributed by atoms with E-state index >= 15 is 0 Å². The number of nitrogens with one attached hydrogen (secondary N) is 1. The van der Waals surface area contributed by atoms with Crippen LogP contribution in [0.4, 0.5) is 0 Å². The van der Waals surface area contributed by atoms with E-state index < -0.39 is 5.91 Å². The van der Waals surface area contributed by atoms with Gasteiger partial charge < -0.3 is 16.0 Å². The van der Waals surface area contributed by atoms with E-state index in [4.69, 9.17) is 5.73 Å². The molecule has 6 heteroatoms. The van der Waals surface area contributed by atoms with Gasteiger partial charge in [0, 0.05) is 6.04 Å². The summed E-state index contributed by atoms with van der Waals surface area (Å²) < 4.78 is 0. The summed E-state index contributed by atoms with van der Waals surface area (Å²) in [5, 5.41) is 3.23. The first kappa shape index (κ1) is 13.3. The third-order valence-electron chi connectivity index (χ3n) is 2.66. The summed E-state index contributed by atoms with van der Waals surface area (Å²) in [6.07, 6.45) is 3.67. The van der Waals surface area contributed by atoms with Gasteiger partial charge in [0.25, 0.3) is 0 Å². The summed E-state index contributed by atoms with van der Waals surface area (Å²) in [5.41, 5.74) is 5.18. The van der Waals surface area contributed by atoms with E-state index in [0.717, 1.165) is 25.9 Å². The maximum absolute atomic E-state index is 11.9. The second kappa shape index (κ2) is 6.75. The Kier molecular flexibility index (Phi) is 5.62. The first-order valence-corrected chi connectivity index (χ1v) is 6.82. The second-order valence-corrected chi connectivity index (χ2v) is 4.77. The Morgan fingerprint density at radius 1 is 1.44 bits per heavy atom. The molecule has 1 fully saturated rings. The van der Waals surface area contributed by atoms with Gasteiger partial charge in [0.05, 0.1) is 12.3 Å². The van der Waals surface area contributed by atoms with Gasteiger partial charge in [-0.05, 0) is 32.2 Å². The number of primary amides is 1. The van der Waals surface area contributed by atoms with E-state index in [1.54, 1.807) is 4.90 Å². The van der Waals surface area contributed by atoms with Crippen LogP contribution in [0.15, 0.2) is 0 Å². The van der Waals surface area contributed by atoms with Gasteiger partial charge in [-0.1, -0.05) is 0 Å². The fourth-order valence-electron chi connectivity index (χ4n) is 1.91. The van der Waals surface area contributed by atoms with Crippen LogP contribution in [0.5, 0.6) is 0 Å². The van der Waals surface area contributed by atoms with Gasteiger partial charge in [-0.2, -0.15) is 11.8 Å². The number of nitrogens with zero attached hydrogens (tertiary/aromatic N) is 1. The summed E-state index contributed by atoms with van der Waals surface area (Å²) >= 11 is 1.47. The Bertz CT molecular complexity index is 254. The van der Waals surface area contributed by atoms with E-state index in [0.29, 0.717) is 5.75 Å². The van der Waals surface area contributed by atoms with Gasteiger partial charge in [0.15, 0.2) is 0 Å². The highest BCUT2D eigenvalue weighted by molar-refractivity contribution is 7.99. The molecule has 0 aromatic heterocycles. The average Bonchev–Trinajstić information content (AvgIpc) is 2.27. The van der Waals surface area contributed by atoms with E-state index in [1.807, 2.05) is 6.26 Å². The largest absolute Gasteiger partial charge is 0.368 e. The van der Waals surface area contributed by atoms with Gasteiger partial charge in [0.2, 0.25) is 11.8 Å². The van der Waals surface area contributed by atoms with Gasteiger partial charge in [-0.15, -0.1) is 0 Å². The number of thioether (sulfide) groups is 1. The molecule has 5 nitrogen and oxygen atoms in total. The van der Waals surface area contributed by atoms with Crippen molar-refractivity contribution in [2.24, 2.45) is 5.73 Å². The van der Waals surface area contributed by atoms with Crippen LogP contribution in [0.1, 0.15) is 12.8 Å². The number of hydrogen-bond donors (Lipinski definition) is 2. The standard InChI is InChI=1S/C10H19N3O2S/c1-16-7-10(15)13(6-9(11)14)8-2-4-12-5-3-8/h8,12H,2-7H2,1H3,(H2,11,14). The average molecular weight is 245 g/mol. The zero-order valence-corrected chi connectivity index (χ0v) is 10.4. The van der Waals surface area contributed by atoms with Crippen LogP contribution in [0.3, 0.4) is 0 Å². The number of hydrogen-bond acceptors (Lipinski definition) is 4. The Labute approximate surface area is 100 Å². The molecule has 1 aliphatic rings. The number of carbonyl (C=O) groups is 2. The summed E-state index contributed by atoms with van der Waals surface area (Å²) in [4.78, 5) is 24.5. The molecule has 0 aromatic rings. The Morgan fingerprint density at radius 3 is 2.56 bits per heavy atom. The molecule has 0 bridgehead atoms. The number of nitrogens with two attached hydrogens (primary N) is 1. The fourth-order valence-corrected chi connectivity index (χ4v) is 2.33. The molecular weight excluding hydrogens is 226 g/mol. The Morgan fingerprint density at radius 2 is 2.06 bits per heavy atom. The second-order valence-electron chi connectivity index (χ2n) is 3.90. The topological polar surface area (TPSA) is 75.4 Å².